The zero-order chi connectivity index (χ0) is 23.4. The quantitative estimate of drug-likeness (QED) is 0.669. The van der Waals surface area contributed by atoms with E-state index in [0.29, 0.717) is 17.7 Å². The Kier molecular flexibility index (Phi) is 7.10. The van der Waals surface area contributed by atoms with Crippen molar-refractivity contribution in [3.63, 3.8) is 0 Å². The number of amides is 1. The van der Waals surface area contributed by atoms with Gasteiger partial charge in [0.2, 0.25) is 5.82 Å². The number of ether oxygens (including phenoxy) is 1. The predicted octanol–water partition coefficient (Wildman–Crippen LogP) is 4.94. The van der Waals surface area contributed by atoms with E-state index in [4.69, 9.17) is 4.74 Å². The molecule has 0 bridgehead atoms. The Bertz CT molecular complexity index is 961. The third kappa shape index (κ3) is 6.84. The van der Waals surface area contributed by atoms with E-state index >= 15 is 0 Å². The van der Waals surface area contributed by atoms with Crippen molar-refractivity contribution in [1.82, 2.24) is 15.4 Å². The number of hydrogen-bond acceptors (Lipinski definition) is 6. The smallest absolute Gasteiger partial charge is 0.426 e. The van der Waals surface area contributed by atoms with Crippen molar-refractivity contribution in [1.29, 1.82) is 5.26 Å². The van der Waals surface area contributed by atoms with Crippen LogP contribution in [0.25, 0.3) is 11.1 Å². The number of nitrogens with zero attached hydrogens (tertiary/aromatic N) is 4. The van der Waals surface area contributed by atoms with Gasteiger partial charge in [-0.3, -0.25) is 5.01 Å². The minimum Gasteiger partial charge on any atom is -0.443 e. The molecule has 1 aromatic carbocycles. The van der Waals surface area contributed by atoms with Gasteiger partial charge in [-0.2, -0.15) is 23.4 Å². The molecule has 0 fully saturated rings. The maximum absolute atomic E-state index is 12.9. The second-order valence-electron chi connectivity index (χ2n) is 8.24. The molecular formula is C21H24F3N5O2. The summed E-state index contributed by atoms with van der Waals surface area (Å²) >= 11 is 0. The fourth-order valence-corrected chi connectivity index (χ4v) is 2.64. The predicted molar refractivity (Wildman–Crippen MR) is 109 cm³/mol. The van der Waals surface area contributed by atoms with Crippen molar-refractivity contribution >= 4 is 11.9 Å². The van der Waals surface area contributed by atoms with Crippen LogP contribution in [0.4, 0.5) is 23.8 Å². The molecule has 2 rings (SSSR count). The van der Waals surface area contributed by atoms with Crippen LogP contribution in [-0.2, 0) is 10.9 Å². The zero-order valence-corrected chi connectivity index (χ0v) is 17.9. The molecular weight excluding hydrogens is 411 g/mol. The summed E-state index contributed by atoms with van der Waals surface area (Å²) in [5.74, 6) is 0.0900. The first kappa shape index (κ1) is 23.9. The van der Waals surface area contributed by atoms with Gasteiger partial charge in [-0.15, -0.1) is 0 Å². The molecule has 1 N–H and O–H groups in total. The number of alkyl halides is 3. The molecule has 0 saturated carbocycles. The number of nitriles is 1. The molecule has 7 nitrogen and oxygen atoms in total. The summed E-state index contributed by atoms with van der Waals surface area (Å²) < 4.78 is 44.1. The second kappa shape index (κ2) is 9.20. The molecule has 0 radical (unpaired) electrons. The summed E-state index contributed by atoms with van der Waals surface area (Å²) in [4.78, 5) is 20.5. The van der Waals surface area contributed by atoms with E-state index in [0.717, 1.165) is 12.1 Å². The van der Waals surface area contributed by atoms with Gasteiger partial charge in [-0.25, -0.2) is 15.2 Å². The van der Waals surface area contributed by atoms with E-state index in [1.807, 2.05) is 19.9 Å². The van der Waals surface area contributed by atoms with Gasteiger partial charge in [0.25, 0.3) is 0 Å². The van der Waals surface area contributed by atoms with Crippen LogP contribution in [0, 0.1) is 17.2 Å². The number of aromatic nitrogens is 2. The first-order valence-corrected chi connectivity index (χ1v) is 9.52. The number of hydrogen-bond donors (Lipinski definition) is 1. The maximum atomic E-state index is 12.9. The van der Waals surface area contributed by atoms with E-state index in [9.17, 15) is 23.2 Å². The van der Waals surface area contributed by atoms with Gasteiger partial charge in [0.15, 0.2) is 5.82 Å². The van der Waals surface area contributed by atoms with Gasteiger partial charge in [0.1, 0.15) is 11.7 Å². The molecule has 0 aliphatic carbocycles. The summed E-state index contributed by atoms with van der Waals surface area (Å²) in [6, 6.07) is 6.31. The summed E-state index contributed by atoms with van der Waals surface area (Å²) in [6.45, 7) is 9.26. The van der Waals surface area contributed by atoms with Gasteiger partial charge in [0, 0.05) is 18.3 Å². The lowest BCUT2D eigenvalue weighted by atomic mass is 10.0. The van der Waals surface area contributed by atoms with Gasteiger partial charge in [-0.05, 0) is 44.4 Å². The monoisotopic (exact) mass is 435 g/mol. The molecule has 0 aliphatic heterocycles. The van der Waals surface area contributed by atoms with Crippen molar-refractivity contribution in [2.24, 2.45) is 5.92 Å². The molecule has 0 spiro atoms. The molecule has 1 amide bonds. The standard InChI is InChI=1S/C21H24F3N5O2/c1-13(2)12-29(28-19(30)31-20(3,4)5)18-16(11-26-17(10-25)27-18)14-6-8-15(9-7-14)21(22,23)24/h6-9,11,13H,12H2,1-5H3,(H,28,30). The first-order valence-electron chi connectivity index (χ1n) is 9.52. The molecule has 0 atom stereocenters. The molecule has 10 heteroatoms. The summed E-state index contributed by atoms with van der Waals surface area (Å²) in [5, 5.41) is 10.6. The number of carbonyl (C=O) groups excluding carboxylic acids is 1. The molecule has 0 aliphatic rings. The van der Waals surface area contributed by atoms with E-state index in [1.165, 1.54) is 23.3 Å². The van der Waals surface area contributed by atoms with Crippen LogP contribution in [0.3, 0.4) is 0 Å². The third-order valence-electron chi connectivity index (χ3n) is 3.82. The lowest BCUT2D eigenvalue weighted by Gasteiger charge is -2.29. The van der Waals surface area contributed by atoms with Crippen LogP contribution in [0.2, 0.25) is 0 Å². The minimum absolute atomic E-state index is 0.0656. The average Bonchev–Trinajstić information content (AvgIpc) is 2.64. The maximum Gasteiger partial charge on any atom is 0.426 e. The van der Waals surface area contributed by atoms with Crippen molar-refractivity contribution in [3.8, 4) is 17.2 Å². The average molecular weight is 435 g/mol. The zero-order valence-electron chi connectivity index (χ0n) is 17.9. The topological polar surface area (TPSA) is 91.1 Å². The second-order valence-corrected chi connectivity index (χ2v) is 8.24. The molecule has 0 saturated heterocycles. The lowest BCUT2D eigenvalue weighted by Crippen LogP contribution is -2.47. The van der Waals surface area contributed by atoms with Gasteiger partial charge in [0.05, 0.1) is 5.56 Å². The van der Waals surface area contributed by atoms with Gasteiger partial charge < -0.3 is 4.74 Å². The highest BCUT2D eigenvalue weighted by Gasteiger charge is 2.30. The number of nitrogens with one attached hydrogen (secondary N) is 1. The van der Waals surface area contributed by atoms with E-state index < -0.39 is 23.4 Å². The van der Waals surface area contributed by atoms with Crippen molar-refractivity contribution < 1.29 is 22.7 Å². The van der Waals surface area contributed by atoms with Gasteiger partial charge >= 0.3 is 12.3 Å². The van der Waals surface area contributed by atoms with Gasteiger partial charge in [-0.1, -0.05) is 26.0 Å². The summed E-state index contributed by atoms with van der Waals surface area (Å²) in [5.41, 5.74) is 1.82. The number of carbonyl (C=O) groups is 1. The molecule has 1 aromatic heterocycles. The molecule has 0 unspecified atom stereocenters. The summed E-state index contributed by atoms with van der Waals surface area (Å²) in [6.07, 6.45) is -3.86. The fraction of sp³-hybridized carbons (Fsp3) is 0.429. The van der Waals surface area contributed by atoms with Crippen LogP contribution in [0.1, 0.15) is 46.0 Å². The Hall–Kier alpha value is -3.35. The highest BCUT2D eigenvalue weighted by Crippen LogP contribution is 2.33. The van der Waals surface area contributed by atoms with E-state index in [-0.39, 0.29) is 17.6 Å². The fourth-order valence-electron chi connectivity index (χ4n) is 2.64. The Morgan fingerprint density at radius 2 is 1.84 bits per heavy atom. The number of anilines is 1. The van der Waals surface area contributed by atoms with Crippen LogP contribution < -0.4 is 10.4 Å². The number of benzene rings is 1. The highest BCUT2D eigenvalue weighted by atomic mass is 19.4. The third-order valence-corrected chi connectivity index (χ3v) is 3.82. The Labute approximate surface area is 178 Å². The van der Waals surface area contributed by atoms with Crippen LogP contribution >= 0.6 is 0 Å². The molecule has 1 heterocycles. The Balaban J connectivity index is 2.52. The normalized spacial score (nSPS) is 11.7. The Morgan fingerprint density at radius 1 is 1.23 bits per heavy atom. The number of rotatable bonds is 5. The van der Waals surface area contributed by atoms with Crippen LogP contribution in [0.5, 0.6) is 0 Å². The lowest BCUT2D eigenvalue weighted by molar-refractivity contribution is -0.137. The van der Waals surface area contributed by atoms with Crippen molar-refractivity contribution in [2.75, 3.05) is 11.6 Å². The molecule has 2 aromatic rings. The first-order chi connectivity index (χ1) is 14.3. The van der Waals surface area contributed by atoms with E-state index in [2.05, 4.69) is 15.4 Å². The number of hydrazine groups is 1. The highest BCUT2D eigenvalue weighted by molar-refractivity contribution is 5.78. The summed E-state index contributed by atoms with van der Waals surface area (Å²) in [7, 11) is 0. The van der Waals surface area contributed by atoms with E-state index in [1.54, 1.807) is 20.8 Å². The Morgan fingerprint density at radius 3 is 2.32 bits per heavy atom. The van der Waals surface area contributed by atoms with Crippen molar-refractivity contribution in [3.05, 3.63) is 41.9 Å². The molecule has 166 valence electrons. The SMILES string of the molecule is CC(C)CN(NC(=O)OC(C)(C)C)c1nc(C#N)ncc1-c1ccc(C(F)(F)F)cc1. The van der Waals surface area contributed by atoms with Crippen LogP contribution in [0.15, 0.2) is 30.5 Å². The molecule has 31 heavy (non-hydrogen) atoms. The van der Waals surface area contributed by atoms with Crippen LogP contribution in [-0.4, -0.2) is 28.2 Å². The minimum atomic E-state index is -4.47. The van der Waals surface area contributed by atoms with Crippen molar-refractivity contribution in [2.45, 2.75) is 46.4 Å². The number of halogens is 3. The largest absolute Gasteiger partial charge is 0.443 e.